The standard InChI is InChI=1S/C19H18N2O4/c1-12(2)21-18(22)14-5-3-4-6-15(14)20(19(21)23)10-13-7-8-16-17(9-13)25-11-24-16/h3-9,12H,10-11H2,1-2H3. The molecule has 3 aromatic rings. The lowest BCUT2D eigenvalue weighted by atomic mass is 10.1. The molecule has 2 heterocycles. The Balaban J connectivity index is 1.92. The summed E-state index contributed by atoms with van der Waals surface area (Å²) < 4.78 is 13.7. The molecule has 0 spiro atoms. The zero-order valence-electron chi connectivity index (χ0n) is 14.1. The van der Waals surface area contributed by atoms with E-state index in [0.717, 1.165) is 5.56 Å². The molecule has 1 aliphatic heterocycles. The molecule has 0 saturated carbocycles. The summed E-state index contributed by atoms with van der Waals surface area (Å²) >= 11 is 0. The third-order valence-corrected chi connectivity index (χ3v) is 4.38. The van der Waals surface area contributed by atoms with Gasteiger partial charge in [-0.2, -0.15) is 0 Å². The van der Waals surface area contributed by atoms with Crippen LogP contribution in [0.25, 0.3) is 10.9 Å². The number of hydrogen-bond donors (Lipinski definition) is 0. The van der Waals surface area contributed by atoms with Crippen molar-refractivity contribution in [3.05, 3.63) is 68.9 Å². The molecule has 0 unspecified atom stereocenters. The van der Waals surface area contributed by atoms with E-state index in [1.54, 1.807) is 16.7 Å². The van der Waals surface area contributed by atoms with Crippen LogP contribution in [0.15, 0.2) is 52.1 Å². The van der Waals surface area contributed by atoms with Gasteiger partial charge < -0.3 is 9.47 Å². The Labute approximate surface area is 143 Å². The van der Waals surface area contributed by atoms with Gasteiger partial charge in [0.1, 0.15) is 0 Å². The van der Waals surface area contributed by atoms with Gasteiger partial charge in [0.2, 0.25) is 6.79 Å². The number of aromatic nitrogens is 2. The Bertz CT molecular complexity index is 1080. The first-order valence-electron chi connectivity index (χ1n) is 8.19. The van der Waals surface area contributed by atoms with Crippen molar-refractivity contribution in [3.63, 3.8) is 0 Å². The summed E-state index contributed by atoms with van der Waals surface area (Å²) in [6.45, 7) is 4.23. The van der Waals surface area contributed by atoms with Crippen molar-refractivity contribution in [1.29, 1.82) is 0 Å². The molecule has 25 heavy (non-hydrogen) atoms. The van der Waals surface area contributed by atoms with Gasteiger partial charge in [0.15, 0.2) is 11.5 Å². The van der Waals surface area contributed by atoms with Gasteiger partial charge in [-0.1, -0.05) is 18.2 Å². The molecule has 128 valence electrons. The summed E-state index contributed by atoms with van der Waals surface area (Å²) in [5.74, 6) is 1.38. The molecular formula is C19H18N2O4. The molecule has 0 bridgehead atoms. The third kappa shape index (κ3) is 2.50. The molecule has 0 saturated heterocycles. The van der Waals surface area contributed by atoms with Crippen molar-refractivity contribution in [2.75, 3.05) is 6.79 Å². The maximum atomic E-state index is 13.0. The van der Waals surface area contributed by atoms with Gasteiger partial charge in [-0.25, -0.2) is 4.79 Å². The van der Waals surface area contributed by atoms with Crippen LogP contribution in [-0.4, -0.2) is 15.9 Å². The van der Waals surface area contributed by atoms with Crippen LogP contribution in [0.1, 0.15) is 25.5 Å². The van der Waals surface area contributed by atoms with E-state index in [4.69, 9.17) is 9.47 Å². The van der Waals surface area contributed by atoms with Gasteiger partial charge in [0, 0.05) is 6.04 Å². The second kappa shape index (κ2) is 5.81. The quantitative estimate of drug-likeness (QED) is 0.736. The molecule has 0 amide bonds. The Morgan fingerprint density at radius 2 is 1.80 bits per heavy atom. The first-order chi connectivity index (χ1) is 12.1. The van der Waals surface area contributed by atoms with E-state index in [1.807, 2.05) is 44.2 Å². The highest BCUT2D eigenvalue weighted by Gasteiger charge is 2.17. The number of hydrogen-bond acceptors (Lipinski definition) is 4. The van der Waals surface area contributed by atoms with E-state index in [-0.39, 0.29) is 24.1 Å². The Kier molecular flexibility index (Phi) is 3.60. The smallest absolute Gasteiger partial charge is 0.332 e. The molecule has 0 radical (unpaired) electrons. The zero-order chi connectivity index (χ0) is 17.6. The van der Waals surface area contributed by atoms with Gasteiger partial charge in [-0.3, -0.25) is 13.9 Å². The molecule has 0 atom stereocenters. The largest absolute Gasteiger partial charge is 0.454 e. The molecule has 4 rings (SSSR count). The lowest BCUT2D eigenvalue weighted by Gasteiger charge is -2.16. The Morgan fingerprint density at radius 3 is 2.60 bits per heavy atom. The van der Waals surface area contributed by atoms with Crippen LogP contribution in [-0.2, 0) is 6.54 Å². The van der Waals surface area contributed by atoms with Crippen LogP contribution in [0.2, 0.25) is 0 Å². The summed E-state index contributed by atoms with van der Waals surface area (Å²) in [4.78, 5) is 25.6. The van der Waals surface area contributed by atoms with Crippen LogP contribution < -0.4 is 20.7 Å². The van der Waals surface area contributed by atoms with E-state index in [9.17, 15) is 9.59 Å². The fraction of sp³-hybridized carbons (Fsp3) is 0.263. The number of rotatable bonds is 3. The molecular weight excluding hydrogens is 320 g/mol. The number of para-hydroxylation sites is 1. The van der Waals surface area contributed by atoms with Crippen LogP contribution in [0.5, 0.6) is 11.5 Å². The highest BCUT2D eigenvalue weighted by Crippen LogP contribution is 2.32. The van der Waals surface area contributed by atoms with E-state index < -0.39 is 0 Å². The normalized spacial score (nSPS) is 12.9. The summed E-state index contributed by atoms with van der Waals surface area (Å²) in [5, 5.41) is 0.538. The molecule has 1 aromatic heterocycles. The molecule has 0 N–H and O–H groups in total. The van der Waals surface area contributed by atoms with E-state index in [2.05, 4.69) is 0 Å². The zero-order valence-corrected chi connectivity index (χ0v) is 14.1. The van der Waals surface area contributed by atoms with Gasteiger partial charge in [-0.05, 0) is 43.7 Å². The first-order valence-corrected chi connectivity index (χ1v) is 8.19. The van der Waals surface area contributed by atoms with Crippen molar-refractivity contribution in [2.24, 2.45) is 0 Å². The molecule has 6 nitrogen and oxygen atoms in total. The molecule has 1 aliphatic rings. The summed E-state index contributed by atoms with van der Waals surface area (Å²) in [6, 6.07) is 12.6. The Morgan fingerprint density at radius 1 is 1.04 bits per heavy atom. The van der Waals surface area contributed by atoms with Crippen molar-refractivity contribution in [3.8, 4) is 11.5 Å². The lowest BCUT2D eigenvalue weighted by Crippen LogP contribution is -2.41. The topological polar surface area (TPSA) is 62.5 Å². The summed E-state index contributed by atoms with van der Waals surface area (Å²) in [5.41, 5.74) is 0.978. The third-order valence-electron chi connectivity index (χ3n) is 4.38. The SMILES string of the molecule is CC(C)n1c(=O)c2ccccc2n(Cc2ccc3c(c2)OCO3)c1=O. The van der Waals surface area contributed by atoms with Crippen molar-refractivity contribution < 1.29 is 9.47 Å². The average Bonchev–Trinajstić information content (AvgIpc) is 3.06. The fourth-order valence-electron chi connectivity index (χ4n) is 3.17. The second-order valence-electron chi connectivity index (χ2n) is 6.34. The van der Waals surface area contributed by atoms with Gasteiger partial charge in [0.05, 0.1) is 17.4 Å². The minimum absolute atomic E-state index is 0.208. The molecule has 0 fully saturated rings. The maximum absolute atomic E-state index is 13.0. The number of benzene rings is 2. The minimum Gasteiger partial charge on any atom is -0.454 e. The molecule has 0 aliphatic carbocycles. The van der Waals surface area contributed by atoms with Gasteiger partial charge in [0.25, 0.3) is 5.56 Å². The lowest BCUT2D eigenvalue weighted by molar-refractivity contribution is 0.174. The number of fused-ring (bicyclic) bond motifs is 2. The maximum Gasteiger partial charge on any atom is 0.332 e. The highest BCUT2D eigenvalue weighted by molar-refractivity contribution is 5.78. The van der Waals surface area contributed by atoms with E-state index >= 15 is 0 Å². The predicted octanol–water partition coefficient (Wildman–Crippen LogP) is 2.52. The Hall–Kier alpha value is -3.02. The van der Waals surface area contributed by atoms with E-state index in [0.29, 0.717) is 28.9 Å². The van der Waals surface area contributed by atoms with Crippen LogP contribution >= 0.6 is 0 Å². The number of nitrogens with zero attached hydrogens (tertiary/aromatic N) is 2. The van der Waals surface area contributed by atoms with Gasteiger partial charge >= 0.3 is 5.69 Å². The number of ether oxygens (including phenoxy) is 2. The summed E-state index contributed by atoms with van der Waals surface area (Å²) in [6.07, 6.45) is 0. The van der Waals surface area contributed by atoms with Crippen molar-refractivity contribution >= 4 is 10.9 Å². The molecule has 6 heteroatoms. The fourth-order valence-corrected chi connectivity index (χ4v) is 3.17. The first kappa shape index (κ1) is 15.5. The van der Waals surface area contributed by atoms with Crippen LogP contribution in [0.4, 0.5) is 0 Å². The monoisotopic (exact) mass is 338 g/mol. The predicted molar refractivity (Wildman–Crippen MR) is 94.5 cm³/mol. The van der Waals surface area contributed by atoms with Crippen molar-refractivity contribution in [2.45, 2.75) is 26.4 Å². The van der Waals surface area contributed by atoms with Crippen LogP contribution in [0, 0.1) is 0 Å². The summed E-state index contributed by atoms with van der Waals surface area (Å²) in [7, 11) is 0. The highest BCUT2D eigenvalue weighted by atomic mass is 16.7. The van der Waals surface area contributed by atoms with Crippen LogP contribution in [0.3, 0.4) is 0 Å². The molecule has 2 aromatic carbocycles. The average molecular weight is 338 g/mol. The van der Waals surface area contributed by atoms with Gasteiger partial charge in [-0.15, -0.1) is 0 Å². The minimum atomic E-state index is -0.309. The van der Waals surface area contributed by atoms with Crippen molar-refractivity contribution in [1.82, 2.24) is 9.13 Å². The van der Waals surface area contributed by atoms with E-state index in [1.165, 1.54) is 4.57 Å². The second-order valence-corrected chi connectivity index (χ2v) is 6.34.